The predicted octanol–water partition coefficient (Wildman–Crippen LogP) is 4.31. The Morgan fingerprint density at radius 1 is 1.21 bits per heavy atom. The number of likely N-dealkylation sites (N-methyl/N-ethyl adjacent to an activating group) is 1. The Bertz CT molecular complexity index is 531. The van der Waals surface area contributed by atoms with Crippen molar-refractivity contribution in [2.75, 3.05) is 18.5 Å². The molecule has 2 nitrogen and oxygen atoms in total. The van der Waals surface area contributed by atoms with Crippen LogP contribution >= 0.6 is 27.5 Å². The molecule has 2 aromatic rings. The lowest BCUT2D eigenvalue weighted by Crippen LogP contribution is -2.20. The molecule has 0 aliphatic carbocycles. The average molecular weight is 340 g/mol. The molecule has 0 N–H and O–H groups in total. The zero-order valence-corrected chi connectivity index (χ0v) is 13.2. The van der Waals surface area contributed by atoms with E-state index in [-0.39, 0.29) is 0 Å². The van der Waals surface area contributed by atoms with E-state index in [1.807, 2.05) is 18.5 Å². The lowest BCUT2D eigenvalue weighted by Gasteiger charge is -2.20. The van der Waals surface area contributed by atoms with Gasteiger partial charge in [-0.15, -0.1) is 0 Å². The highest BCUT2D eigenvalue weighted by Gasteiger charge is 2.05. The zero-order chi connectivity index (χ0) is 13.7. The van der Waals surface area contributed by atoms with E-state index in [2.05, 4.69) is 57.1 Å². The second kappa shape index (κ2) is 6.92. The Morgan fingerprint density at radius 3 is 2.58 bits per heavy atom. The van der Waals surface area contributed by atoms with Gasteiger partial charge in [0.2, 0.25) is 0 Å². The quantitative estimate of drug-likeness (QED) is 0.755. The van der Waals surface area contributed by atoms with Crippen molar-refractivity contribution >= 4 is 33.2 Å². The molecule has 0 aliphatic heterocycles. The number of halogens is 2. The van der Waals surface area contributed by atoms with Gasteiger partial charge in [-0.25, -0.2) is 0 Å². The van der Waals surface area contributed by atoms with Gasteiger partial charge in [-0.3, -0.25) is 4.98 Å². The van der Waals surface area contributed by atoms with Crippen LogP contribution in [0.25, 0.3) is 0 Å². The highest BCUT2D eigenvalue weighted by Crippen LogP contribution is 2.24. The van der Waals surface area contributed by atoms with Crippen LogP contribution in [0.1, 0.15) is 11.1 Å². The molecule has 0 radical (unpaired) electrons. The zero-order valence-electron chi connectivity index (χ0n) is 10.8. The predicted molar refractivity (Wildman–Crippen MR) is 85.3 cm³/mol. The average Bonchev–Trinajstić information content (AvgIpc) is 2.45. The number of benzene rings is 1. The standard InChI is InChI=1S/C15H16BrClN2/c1-19(9-6-12-4-7-18-8-5-12)14-3-2-13(11-16)15(17)10-14/h2-5,7-8,10H,6,9,11H2,1H3. The van der Waals surface area contributed by atoms with Crippen LogP contribution in [-0.2, 0) is 11.8 Å². The normalized spacial score (nSPS) is 10.5. The van der Waals surface area contributed by atoms with Gasteiger partial charge in [0.05, 0.1) is 0 Å². The summed E-state index contributed by atoms with van der Waals surface area (Å²) in [5.74, 6) is 0. The maximum Gasteiger partial charge on any atom is 0.0467 e. The second-order valence-electron chi connectivity index (χ2n) is 4.44. The maximum atomic E-state index is 6.23. The van der Waals surface area contributed by atoms with E-state index in [0.29, 0.717) is 0 Å². The highest BCUT2D eigenvalue weighted by atomic mass is 79.9. The first kappa shape index (κ1) is 14.4. The number of rotatable bonds is 5. The first-order valence-corrected chi connectivity index (χ1v) is 7.65. The van der Waals surface area contributed by atoms with Crippen molar-refractivity contribution in [2.24, 2.45) is 0 Å². The molecule has 19 heavy (non-hydrogen) atoms. The molecule has 0 saturated heterocycles. The molecule has 0 spiro atoms. The molecule has 1 aromatic heterocycles. The van der Waals surface area contributed by atoms with E-state index in [0.717, 1.165) is 34.6 Å². The van der Waals surface area contributed by atoms with Gasteiger partial charge in [0.1, 0.15) is 0 Å². The SMILES string of the molecule is CN(CCc1ccncc1)c1ccc(CBr)c(Cl)c1. The van der Waals surface area contributed by atoms with Crippen molar-refractivity contribution in [2.45, 2.75) is 11.8 Å². The Morgan fingerprint density at radius 2 is 1.95 bits per heavy atom. The van der Waals surface area contributed by atoms with Crippen LogP contribution in [0.5, 0.6) is 0 Å². The fourth-order valence-corrected chi connectivity index (χ4v) is 2.75. The molecule has 2 rings (SSSR count). The molecular weight excluding hydrogens is 324 g/mol. The number of nitrogens with zero attached hydrogens (tertiary/aromatic N) is 2. The van der Waals surface area contributed by atoms with E-state index < -0.39 is 0 Å². The molecule has 0 atom stereocenters. The van der Waals surface area contributed by atoms with Crippen LogP contribution in [0, 0.1) is 0 Å². The summed E-state index contributed by atoms with van der Waals surface area (Å²) in [6, 6.07) is 10.3. The number of anilines is 1. The van der Waals surface area contributed by atoms with Gasteiger partial charge in [0, 0.05) is 42.0 Å². The lowest BCUT2D eigenvalue weighted by atomic mass is 10.1. The number of pyridine rings is 1. The van der Waals surface area contributed by atoms with Gasteiger partial charge in [-0.2, -0.15) is 0 Å². The minimum absolute atomic E-state index is 0.785. The van der Waals surface area contributed by atoms with Crippen LogP contribution in [0.2, 0.25) is 5.02 Å². The van der Waals surface area contributed by atoms with Gasteiger partial charge in [0.15, 0.2) is 0 Å². The van der Waals surface area contributed by atoms with Crippen molar-refractivity contribution < 1.29 is 0 Å². The Balaban J connectivity index is 2.00. The van der Waals surface area contributed by atoms with Crippen molar-refractivity contribution in [1.82, 2.24) is 4.98 Å². The molecule has 0 bridgehead atoms. The van der Waals surface area contributed by atoms with Gasteiger partial charge >= 0.3 is 0 Å². The molecular formula is C15H16BrClN2. The molecule has 0 unspecified atom stereocenters. The van der Waals surface area contributed by atoms with Crippen LogP contribution in [0.3, 0.4) is 0 Å². The van der Waals surface area contributed by atoms with E-state index in [4.69, 9.17) is 11.6 Å². The van der Waals surface area contributed by atoms with Gasteiger partial charge in [-0.05, 0) is 41.8 Å². The molecule has 0 aliphatic rings. The Kier molecular flexibility index (Phi) is 5.23. The summed E-state index contributed by atoms with van der Waals surface area (Å²) in [6.45, 7) is 0.952. The van der Waals surface area contributed by atoms with Crippen LogP contribution in [0.15, 0.2) is 42.7 Å². The summed E-state index contributed by atoms with van der Waals surface area (Å²) in [5.41, 5.74) is 3.56. The third-order valence-corrected chi connectivity index (χ3v) is 4.06. The third-order valence-electron chi connectivity index (χ3n) is 3.11. The molecule has 100 valence electrons. The van der Waals surface area contributed by atoms with E-state index in [1.165, 1.54) is 5.56 Å². The van der Waals surface area contributed by atoms with Crippen LogP contribution in [-0.4, -0.2) is 18.6 Å². The van der Waals surface area contributed by atoms with Crippen LogP contribution in [0.4, 0.5) is 5.69 Å². The summed E-state index contributed by atoms with van der Waals surface area (Å²) >= 11 is 9.65. The van der Waals surface area contributed by atoms with Crippen LogP contribution < -0.4 is 4.90 Å². The number of hydrogen-bond donors (Lipinski definition) is 0. The third kappa shape index (κ3) is 3.95. The fraction of sp³-hybridized carbons (Fsp3) is 0.267. The summed E-state index contributed by atoms with van der Waals surface area (Å²) in [5, 5.41) is 1.59. The Hall–Kier alpha value is -1.06. The summed E-state index contributed by atoms with van der Waals surface area (Å²) in [4.78, 5) is 6.24. The number of aromatic nitrogens is 1. The summed E-state index contributed by atoms with van der Waals surface area (Å²) < 4.78 is 0. The number of alkyl halides is 1. The molecule has 1 heterocycles. The number of hydrogen-bond acceptors (Lipinski definition) is 2. The first-order valence-electron chi connectivity index (χ1n) is 6.15. The molecule has 4 heteroatoms. The summed E-state index contributed by atoms with van der Waals surface area (Å²) in [7, 11) is 2.08. The molecule has 0 saturated carbocycles. The Labute approximate surface area is 127 Å². The van der Waals surface area contributed by atoms with Gasteiger partial charge in [0.25, 0.3) is 0 Å². The molecule has 0 amide bonds. The van der Waals surface area contributed by atoms with Crippen molar-refractivity contribution in [3.05, 3.63) is 58.9 Å². The van der Waals surface area contributed by atoms with Crippen molar-refractivity contribution in [3.63, 3.8) is 0 Å². The van der Waals surface area contributed by atoms with Crippen molar-refractivity contribution in [3.8, 4) is 0 Å². The topological polar surface area (TPSA) is 16.1 Å². The van der Waals surface area contributed by atoms with E-state index >= 15 is 0 Å². The summed E-state index contributed by atoms with van der Waals surface area (Å²) in [6.07, 6.45) is 4.66. The van der Waals surface area contributed by atoms with Gasteiger partial charge < -0.3 is 4.90 Å². The second-order valence-corrected chi connectivity index (χ2v) is 5.40. The minimum Gasteiger partial charge on any atom is -0.374 e. The highest BCUT2D eigenvalue weighted by molar-refractivity contribution is 9.08. The fourth-order valence-electron chi connectivity index (χ4n) is 1.86. The largest absolute Gasteiger partial charge is 0.374 e. The monoisotopic (exact) mass is 338 g/mol. The smallest absolute Gasteiger partial charge is 0.0467 e. The van der Waals surface area contributed by atoms with Crippen molar-refractivity contribution in [1.29, 1.82) is 0 Å². The lowest BCUT2D eigenvalue weighted by molar-refractivity contribution is 0.874. The maximum absolute atomic E-state index is 6.23. The minimum atomic E-state index is 0.785. The molecule has 0 fully saturated rings. The van der Waals surface area contributed by atoms with Gasteiger partial charge in [-0.1, -0.05) is 33.6 Å². The first-order chi connectivity index (χ1) is 9.20. The van der Waals surface area contributed by atoms with E-state index in [1.54, 1.807) is 0 Å². The molecule has 1 aromatic carbocycles. The van der Waals surface area contributed by atoms with E-state index in [9.17, 15) is 0 Å².